The number of anilines is 2. The van der Waals surface area contributed by atoms with Gasteiger partial charge in [-0.25, -0.2) is 9.97 Å². The number of fused-ring (bicyclic) bond motifs is 1. The van der Waals surface area contributed by atoms with Crippen LogP contribution < -0.4 is 11.1 Å². The Morgan fingerprint density at radius 3 is 2.91 bits per heavy atom. The van der Waals surface area contributed by atoms with Gasteiger partial charge in [-0.3, -0.25) is 4.79 Å². The first-order chi connectivity index (χ1) is 11.1. The van der Waals surface area contributed by atoms with Crippen LogP contribution in [0.15, 0.2) is 36.8 Å². The number of carbonyl (C=O) groups excluding carboxylic acids is 1. The maximum atomic E-state index is 11.8. The number of aromatic nitrogens is 3. The summed E-state index contributed by atoms with van der Waals surface area (Å²) in [7, 11) is 0. The van der Waals surface area contributed by atoms with Crippen LogP contribution >= 0.6 is 0 Å². The molecule has 6 nitrogen and oxygen atoms in total. The molecule has 0 atom stereocenters. The Hall–Kier alpha value is -2.89. The zero-order valence-electron chi connectivity index (χ0n) is 12.8. The number of imidazole rings is 1. The number of rotatable bonds is 3. The van der Waals surface area contributed by atoms with Crippen LogP contribution in [0, 0.1) is 12.8 Å². The average Bonchev–Trinajstić information content (AvgIpc) is 3.28. The minimum atomic E-state index is 0.0622. The van der Waals surface area contributed by atoms with Gasteiger partial charge in [0, 0.05) is 29.4 Å². The molecule has 0 radical (unpaired) electrons. The SMILES string of the molecule is Cc1cc(N)ncc1-c1ccc2nc(NC(=O)C3CC3)cn2c1. The van der Waals surface area contributed by atoms with Crippen molar-refractivity contribution in [2.24, 2.45) is 5.92 Å². The Morgan fingerprint density at radius 1 is 1.35 bits per heavy atom. The van der Waals surface area contributed by atoms with Crippen molar-refractivity contribution in [3.05, 3.63) is 42.4 Å². The molecule has 1 aliphatic rings. The quantitative estimate of drug-likeness (QED) is 0.779. The number of pyridine rings is 2. The normalized spacial score (nSPS) is 14.1. The van der Waals surface area contributed by atoms with E-state index in [1.807, 2.05) is 41.9 Å². The fourth-order valence-corrected chi connectivity index (χ4v) is 2.67. The molecule has 4 rings (SSSR count). The molecule has 1 aliphatic carbocycles. The second-order valence-corrected chi connectivity index (χ2v) is 6.00. The van der Waals surface area contributed by atoms with Gasteiger partial charge >= 0.3 is 0 Å². The fraction of sp³-hybridized carbons (Fsp3) is 0.235. The van der Waals surface area contributed by atoms with Crippen molar-refractivity contribution < 1.29 is 4.79 Å². The largest absolute Gasteiger partial charge is 0.384 e. The van der Waals surface area contributed by atoms with Crippen LogP contribution in [0.2, 0.25) is 0 Å². The number of carbonyl (C=O) groups is 1. The van der Waals surface area contributed by atoms with Gasteiger partial charge in [0.25, 0.3) is 0 Å². The summed E-state index contributed by atoms with van der Waals surface area (Å²) in [6.07, 6.45) is 7.55. The number of nitrogen functional groups attached to an aromatic ring is 1. The first-order valence-electron chi connectivity index (χ1n) is 7.62. The van der Waals surface area contributed by atoms with E-state index in [-0.39, 0.29) is 11.8 Å². The van der Waals surface area contributed by atoms with E-state index in [0.29, 0.717) is 11.6 Å². The predicted molar refractivity (Wildman–Crippen MR) is 88.9 cm³/mol. The Labute approximate surface area is 133 Å². The van der Waals surface area contributed by atoms with Gasteiger partial charge in [-0.05, 0) is 43.5 Å². The molecule has 0 bridgehead atoms. The van der Waals surface area contributed by atoms with E-state index in [2.05, 4.69) is 15.3 Å². The Balaban J connectivity index is 1.68. The van der Waals surface area contributed by atoms with Crippen LogP contribution in [0.3, 0.4) is 0 Å². The Bertz CT molecular complexity index is 910. The topological polar surface area (TPSA) is 85.3 Å². The monoisotopic (exact) mass is 307 g/mol. The number of amides is 1. The minimum absolute atomic E-state index is 0.0622. The molecule has 3 aromatic heterocycles. The number of nitrogens with zero attached hydrogens (tertiary/aromatic N) is 3. The number of hydrogen-bond donors (Lipinski definition) is 2. The van der Waals surface area contributed by atoms with Gasteiger partial charge in [0.15, 0.2) is 5.82 Å². The van der Waals surface area contributed by atoms with Crippen molar-refractivity contribution >= 4 is 23.2 Å². The second kappa shape index (κ2) is 5.08. The predicted octanol–water partition coefficient (Wildman–Crippen LogP) is 2.64. The lowest BCUT2D eigenvalue weighted by Crippen LogP contribution is -2.13. The van der Waals surface area contributed by atoms with Crippen molar-refractivity contribution in [3.63, 3.8) is 0 Å². The van der Waals surface area contributed by atoms with Gasteiger partial charge in [0.05, 0.1) is 6.20 Å². The van der Waals surface area contributed by atoms with E-state index in [0.717, 1.165) is 35.2 Å². The summed E-state index contributed by atoms with van der Waals surface area (Å²) in [6, 6.07) is 5.78. The van der Waals surface area contributed by atoms with Crippen LogP contribution in [0.1, 0.15) is 18.4 Å². The summed E-state index contributed by atoms with van der Waals surface area (Å²) in [5.74, 6) is 1.33. The molecule has 116 valence electrons. The molecule has 0 saturated heterocycles. The number of aryl methyl sites for hydroxylation is 1. The third-order valence-electron chi connectivity index (χ3n) is 4.09. The number of nitrogens with one attached hydrogen (secondary N) is 1. The highest BCUT2D eigenvalue weighted by atomic mass is 16.2. The van der Waals surface area contributed by atoms with Crippen molar-refractivity contribution in [1.29, 1.82) is 0 Å². The smallest absolute Gasteiger partial charge is 0.228 e. The summed E-state index contributed by atoms with van der Waals surface area (Å²) in [4.78, 5) is 20.4. The van der Waals surface area contributed by atoms with Crippen LogP contribution in [0.5, 0.6) is 0 Å². The first-order valence-corrected chi connectivity index (χ1v) is 7.62. The standard InChI is InChI=1S/C17H17N5O/c1-10-6-14(18)19-7-13(10)12-4-5-16-20-15(9-22(16)8-12)21-17(23)11-2-3-11/h4-9,11H,2-3H2,1H3,(H2,18,19)(H,21,23). The molecule has 0 aromatic carbocycles. The van der Waals surface area contributed by atoms with Gasteiger partial charge in [-0.1, -0.05) is 0 Å². The zero-order chi connectivity index (χ0) is 16.0. The molecule has 3 N–H and O–H groups in total. The molecule has 0 spiro atoms. The number of nitrogens with two attached hydrogens (primary N) is 1. The van der Waals surface area contributed by atoms with E-state index in [1.165, 1.54) is 0 Å². The Kier molecular flexibility index (Phi) is 3.04. The molecule has 0 unspecified atom stereocenters. The highest BCUT2D eigenvalue weighted by Gasteiger charge is 2.29. The van der Waals surface area contributed by atoms with Crippen LogP contribution in [-0.2, 0) is 4.79 Å². The second-order valence-electron chi connectivity index (χ2n) is 6.00. The van der Waals surface area contributed by atoms with Gasteiger partial charge in [-0.2, -0.15) is 0 Å². The van der Waals surface area contributed by atoms with E-state index >= 15 is 0 Å². The Morgan fingerprint density at radius 2 is 2.17 bits per heavy atom. The minimum Gasteiger partial charge on any atom is -0.384 e. The van der Waals surface area contributed by atoms with Gasteiger partial charge < -0.3 is 15.5 Å². The maximum absolute atomic E-state index is 11.8. The molecular weight excluding hydrogens is 290 g/mol. The lowest BCUT2D eigenvalue weighted by atomic mass is 10.1. The van der Waals surface area contributed by atoms with E-state index in [1.54, 1.807) is 6.20 Å². The summed E-state index contributed by atoms with van der Waals surface area (Å²) in [5.41, 5.74) is 9.62. The van der Waals surface area contributed by atoms with Crippen molar-refractivity contribution in [2.45, 2.75) is 19.8 Å². The first kappa shape index (κ1) is 13.8. The lowest BCUT2D eigenvalue weighted by molar-refractivity contribution is -0.117. The van der Waals surface area contributed by atoms with Crippen molar-refractivity contribution in [3.8, 4) is 11.1 Å². The molecule has 3 aromatic rings. The van der Waals surface area contributed by atoms with Crippen LogP contribution in [0.25, 0.3) is 16.8 Å². The van der Waals surface area contributed by atoms with Crippen molar-refractivity contribution in [2.75, 3.05) is 11.1 Å². The van der Waals surface area contributed by atoms with Crippen LogP contribution in [0.4, 0.5) is 11.6 Å². The summed E-state index contributed by atoms with van der Waals surface area (Å²) in [6.45, 7) is 2.01. The molecule has 3 heterocycles. The molecule has 6 heteroatoms. The molecule has 23 heavy (non-hydrogen) atoms. The number of hydrogen-bond acceptors (Lipinski definition) is 4. The molecule has 0 aliphatic heterocycles. The molecule has 1 amide bonds. The van der Waals surface area contributed by atoms with E-state index in [4.69, 9.17) is 5.73 Å². The molecule has 1 saturated carbocycles. The average molecular weight is 307 g/mol. The summed E-state index contributed by atoms with van der Waals surface area (Å²) >= 11 is 0. The lowest BCUT2D eigenvalue weighted by Gasteiger charge is -2.06. The molecule has 1 fully saturated rings. The highest BCUT2D eigenvalue weighted by Crippen LogP contribution is 2.30. The third-order valence-corrected chi connectivity index (χ3v) is 4.09. The van der Waals surface area contributed by atoms with E-state index < -0.39 is 0 Å². The van der Waals surface area contributed by atoms with Gasteiger partial charge in [0.2, 0.25) is 5.91 Å². The summed E-state index contributed by atoms with van der Waals surface area (Å²) in [5, 5.41) is 2.87. The van der Waals surface area contributed by atoms with Crippen LogP contribution in [-0.4, -0.2) is 20.3 Å². The maximum Gasteiger partial charge on any atom is 0.228 e. The van der Waals surface area contributed by atoms with E-state index in [9.17, 15) is 4.79 Å². The van der Waals surface area contributed by atoms with Gasteiger partial charge in [-0.15, -0.1) is 0 Å². The van der Waals surface area contributed by atoms with Gasteiger partial charge in [0.1, 0.15) is 11.5 Å². The molecular formula is C17H17N5O. The summed E-state index contributed by atoms with van der Waals surface area (Å²) < 4.78 is 1.91. The fourth-order valence-electron chi connectivity index (χ4n) is 2.67. The third kappa shape index (κ3) is 2.63. The zero-order valence-corrected chi connectivity index (χ0v) is 12.8. The highest BCUT2D eigenvalue weighted by molar-refractivity contribution is 5.93. The van der Waals surface area contributed by atoms with Crippen molar-refractivity contribution in [1.82, 2.24) is 14.4 Å².